The van der Waals surface area contributed by atoms with Crippen LogP contribution < -0.4 is 9.47 Å². The molecule has 4 nitrogen and oxygen atoms in total. The van der Waals surface area contributed by atoms with E-state index in [1.54, 1.807) is 0 Å². The molecular weight excluding hydrogens is 328 g/mol. The molecule has 2 rings (SSSR count). The monoisotopic (exact) mass is 352 g/mol. The van der Waals surface area contributed by atoms with Gasteiger partial charge in [0.05, 0.1) is 0 Å². The average Bonchev–Trinajstić information content (AvgIpc) is 2.60. The van der Waals surface area contributed by atoms with E-state index in [9.17, 15) is 9.59 Å². The first-order valence-electron chi connectivity index (χ1n) is 8.74. The number of carbonyl (C=O) groups is 2. The second-order valence-corrected chi connectivity index (χ2v) is 5.90. The molecule has 0 spiro atoms. The van der Waals surface area contributed by atoms with Crippen LogP contribution >= 0.6 is 0 Å². The largest absolute Gasteiger partial charge is 0.427 e. The van der Waals surface area contributed by atoms with Gasteiger partial charge in [-0.3, -0.25) is 9.59 Å². The van der Waals surface area contributed by atoms with Gasteiger partial charge in [-0.25, -0.2) is 0 Å². The number of ether oxygens (including phenoxy) is 2. The molecule has 0 aliphatic carbocycles. The molecule has 0 amide bonds. The van der Waals surface area contributed by atoms with Crippen LogP contribution in [0.3, 0.4) is 0 Å². The van der Waals surface area contributed by atoms with Crippen molar-refractivity contribution in [2.24, 2.45) is 0 Å². The lowest BCUT2D eigenvalue weighted by Crippen LogP contribution is -2.01. The summed E-state index contributed by atoms with van der Waals surface area (Å²) in [5.41, 5.74) is 4.68. The van der Waals surface area contributed by atoms with Crippen LogP contribution in [0, 0.1) is 0 Å². The van der Waals surface area contributed by atoms with Crippen LogP contribution in [0.25, 0.3) is 11.1 Å². The summed E-state index contributed by atoms with van der Waals surface area (Å²) >= 11 is 0. The Hall–Kier alpha value is -2.88. The molecule has 0 fully saturated rings. The summed E-state index contributed by atoms with van der Waals surface area (Å²) < 4.78 is 10.2. The summed E-state index contributed by atoms with van der Waals surface area (Å²) in [6.45, 7) is 7.02. The van der Waals surface area contributed by atoms with E-state index in [0.29, 0.717) is 11.5 Å². The molecule has 0 bridgehead atoms. The van der Waals surface area contributed by atoms with Gasteiger partial charge in [0.25, 0.3) is 0 Å². The molecule has 0 atom stereocenters. The van der Waals surface area contributed by atoms with Crippen molar-refractivity contribution in [2.45, 2.75) is 40.5 Å². The fraction of sp³-hybridized carbons (Fsp3) is 0.273. The number of hydrogen-bond acceptors (Lipinski definition) is 4. The first kappa shape index (κ1) is 19.4. The van der Waals surface area contributed by atoms with Gasteiger partial charge < -0.3 is 9.47 Å². The lowest BCUT2D eigenvalue weighted by molar-refractivity contribution is -0.132. The van der Waals surface area contributed by atoms with E-state index in [0.717, 1.165) is 24.0 Å². The minimum Gasteiger partial charge on any atom is -0.427 e. The Morgan fingerprint density at radius 1 is 0.654 bits per heavy atom. The second-order valence-electron chi connectivity index (χ2n) is 5.90. The van der Waals surface area contributed by atoms with Gasteiger partial charge >= 0.3 is 11.9 Å². The van der Waals surface area contributed by atoms with Crippen LogP contribution in [0.1, 0.15) is 51.7 Å². The molecule has 2 aromatic carbocycles. The van der Waals surface area contributed by atoms with Crippen molar-refractivity contribution >= 4 is 23.1 Å². The van der Waals surface area contributed by atoms with Gasteiger partial charge in [-0.05, 0) is 59.4 Å². The van der Waals surface area contributed by atoms with Crippen molar-refractivity contribution in [3.63, 3.8) is 0 Å². The zero-order chi connectivity index (χ0) is 19.1. The Morgan fingerprint density at radius 3 is 1.19 bits per heavy atom. The molecule has 0 aromatic heterocycles. The van der Waals surface area contributed by atoms with E-state index in [1.165, 1.54) is 25.0 Å². The summed E-state index contributed by atoms with van der Waals surface area (Å²) in [5, 5.41) is 0. The molecule has 136 valence electrons. The molecule has 26 heavy (non-hydrogen) atoms. The van der Waals surface area contributed by atoms with Crippen molar-refractivity contribution in [1.29, 1.82) is 0 Å². The van der Waals surface area contributed by atoms with Crippen LogP contribution in [0.15, 0.2) is 48.5 Å². The molecule has 4 heteroatoms. The molecule has 0 heterocycles. The van der Waals surface area contributed by atoms with Crippen molar-refractivity contribution in [2.75, 3.05) is 0 Å². The molecule has 0 aliphatic rings. The average molecular weight is 352 g/mol. The number of benzene rings is 2. The van der Waals surface area contributed by atoms with E-state index >= 15 is 0 Å². The predicted octanol–water partition coefficient (Wildman–Crippen LogP) is 5.27. The number of carbonyl (C=O) groups excluding carboxylic acids is 2. The molecule has 0 unspecified atom stereocenters. The highest BCUT2D eigenvalue weighted by Crippen LogP contribution is 2.32. The van der Waals surface area contributed by atoms with Crippen LogP contribution in [-0.2, 0) is 9.59 Å². The Balaban J connectivity index is 2.37. The third-order valence-corrected chi connectivity index (χ3v) is 4.00. The van der Waals surface area contributed by atoms with Crippen LogP contribution in [0.5, 0.6) is 11.5 Å². The first-order chi connectivity index (χ1) is 12.4. The van der Waals surface area contributed by atoms with Gasteiger partial charge in [0.1, 0.15) is 11.5 Å². The zero-order valence-corrected chi connectivity index (χ0v) is 15.7. The predicted molar refractivity (Wildman–Crippen MR) is 103 cm³/mol. The van der Waals surface area contributed by atoms with E-state index < -0.39 is 0 Å². The SMILES string of the molecule is CCC(=C(CC)c1ccc(OC(C)=O)cc1)c1ccc(OC(C)=O)cc1. The van der Waals surface area contributed by atoms with E-state index in [4.69, 9.17) is 9.47 Å². The van der Waals surface area contributed by atoms with E-state index in [-0.39, 0.29) is 11.9 Å². The lowest BCUT2D eigenvalue weighted by Gasteiger charge is -2.15. The lowest BCUT2D eigenvalue weighted by atomic mass is 9.91. The molecule has 0 radical (unpaired) electrons. The van der Waals surface area contributed by atoms with Gasteiger partial charge in [0.15, 0.2) is 0 Å². The third-order valence-electron chi connectivity index (χ3n) is 4.00. The van der Waals surface area contributed by atoms with Crippen molar-refractivity contribution < 1.29 is 19.1 Å². The zero-order valence-electron chi connectivity index (χ0n) is 15.7. The molecule has 0 saturated heterocycles. The Kier molecular flexibility index (Phi) is 6.73. The number of esters is 2. The number of hydrogen-bond donors (Lipinski definition) is 0. The summed E-state index contributed by atoms with van der Waals surface area (Å²) in [7, 11) is 0. The summed E-state index contributed by atoms with van der Waals surface area (Å²) in [4.78, 5) is 22.1. The highest BCUT2D eigenvalue weighted by atomic mass is 16.5. The van der Waals surface area contributed by atoms with Crippen molar-refractivity contribution in [3.05, 3.63) is 59.7 Å². The molecule has 0 saturated carbocycles. The standard InChI is InChI=1S/C22H24O4/c1-5-21(17-7-11-19(12-8-17)25-15(3)23)22(6-2)18-9-13-20(14-10-18)26-16(4)24/h7-14H,5-6H2,1-4H3. The van der Waals surface area contributed by atoms with Gasteiger partial charge in [-0.15, -0.1) is 0 Å². The molecule has 0 aliphatic heterocycles. The van der Waals surface area contributed by atoms with E-state index in [1.807, 2.05) is 48.5 Å². The highest BCUT2D eigenvalue weighted by Gasteiger charge is 2.10. The molecular formula is C22H24O4. The fourth-order valence-corrected chi connectivity index (χ4v) is 2.96. The maximum atomic E-state index is 11.1. The number of rotatable bonds is 6. The highest BCUT2D eigenvalue weighted by molar-refractivity contribution is 5.91. The van der Waals surface area contributed by atoms with Gasteiger partial charge in [0, 0.05) is 13.8 Å². The van der Waals surface area contributed by atoms with Crippen molar-refractivity contribution in [1.82, 2.24) is 0 Å². The minimum atomic E-state index is -0.328. The summed E-state index contributed by atoms with van der Waals surface area (Å²) in [5.74, 6) is 0.429. The Morgan fingerprint density at radius 2 is 0.962 bits per heavy atom. The van der Waals surface area contributed by atoms with Gasteiger partial charge in [-0.2, -0.15) is 0 Å². The quantitative estimate of drug-likeness (QED) is 0.404. The second kappa shape index (κ2) is 8.99. The fourth-order valence-electron chi connectivity index (χ4n) is 2.96. The van der Waals surface area contributed by atoms with Gasteiger partial charge in [0.2, 0.25) is 0 Å². The summed E-state index contributed by atoms with van der Waals surface area (Å²) in [6.07, 6.45) is 1.75. The van der Waals surface area contributed by atoms with Crippen LogP contribution in [0.4, 0.5) is 0 Å². The minimum absolute atomic E-state index is 0.328. The Bertz CT molecular complexity index is 730. The van der Waals surface area contributed by atoms with E-state index in [2.05, 4.69) is 13.8 Å². The first-order valence-corrected chi connectivity index (χ1v) is 8.74. The van der Waals surface area contributed by atoms with Crippen LogP contribution in [0.2, 0.25) is 0 Å². The molecule has 2 aromatic rings. The van der Waals surface area contributed by atoms with Crippen molar-refractivity contribution in [3.8, 4) is 11.5 Å². The maximum Gasteiger partial charge on any atom is 0.308 e. The van der Waals surface area contributed by atoms with Crippen LogP contribution in [-0.4, -0.2) is 11.9 Å². The topological polar surface area (TPSA) is 52.6 Å². The maximum absolute atomic E-state index is 11.1. The smallest absolute Gasteiger partial charge is 0.308 e. The number of allylic oxidation sites excluding steroid dienone is 2. The molecule has 0 N–H and O–H groups in total. The summed E-state index contributed by atoms with van der Waals surface area (Å²) in [6, 6.07) is 15.1. The Labute approximate surface area is 154 Å². The normalized spacial score (nSPS) is 11.5. The third kappa shape index (κ3) is 5.06. The van der Waals surface area contributed by atoms with Gasteiger partial charge in [-0.1, -0.05) is 38.1 Å².